The van der Waals surface area contributed by atoms with E-state index in [1.165, 1.54) is 10.0 Å². The van der Waals surface area contributed by atoms with Gasteiger partial charge in [-0.05, 0) is 26.8 Å². The summed E-state index contributed by atoms with van der Waals surface area (Å²) in [7, 11) is 1.73. The van der Waals surface area contributed by atoms with Crippen molar-refractivity contribution in [2.75, 3.05) is 13.1 Å². The van der Waals surface area contributed by atoms with E-state index in [1.54, 1.807) is 44.8 Å². The minimum atomic E-state index is -0.613. The van der Waals surface area contributed by atoms with Crippen LogP contribution in [0.4, 0.5) is 4.79 Å². The number of hydrazine groups is 1. The van der Waals surface area contributed by atoms with Gasteiger partial charge in [0.2, 0.25) is 0 Å². The van der Waals surface area contributed by atoms with Gasteiger partial charge in [0.15, 0.2) is 5.69 Å². The highest BCUT2D eigenvalue weighted by molar-refractivity contribution is 5.93. The minimum Gasteiger partial charge on any atom is -0.442 e. The van der Waals surface area contributed by atoms with Crippen molar-refractivity contribution < 1.29 is 14.3 Å². The van der Waals surface area contributed by atoms with E-state index in [9.17, 15) is 9.59 Å². The van der Waals surface area contributed by atoms with Gasteiger partial charge in [0.1, 0.15) is 5.60 Å². The maximum Gasteiger partial charge on any atom is 0.429 e. The number of hydrogen-bond donors (Lipinski definition) is 0. The Morgan fingerprint density at radius 1 is 1.19 bits per heavy atom. The Balaban J connectivity index is 2.18. The molecule has 21 heavy (non-hydrogen) atoms. The Morgan fingerprint density at radius 2 is 1.81 bits per heavy atom. The summed E-state index contributed by atoms with van der Waals surface area (Å²) in [6.07, 6.45) is 4.80. The smallest absolute Gasteiger partial charge is 0.429 e. The molecule has 1 aliphatic rings. The SMILES string of the molecule is Cn1ccc(C(=O)N2CC=CCN2C(=O)OC(C)(C)C)n1. The predicted molar refractivity (Wildman–Crippen MR) is 76.3 cm³/mol. The van der Waals surface area contributed by atoms with Crippen molar-refractivity contribution in [1.82, 2.24) is 19.8 Å². The van der Waals surface area contributed by atoms with Crippen LogP contribution >= 0.6 is 0 Å². The van der Waals surface area contributed by atoms with Gasteiger partial charge in [-0.1, -0.05) is 12.2 Å². The van der Waals surface area contributed by atoms with Gasteiger partial charge in [-0.3, -0.25) is 9.48 Å². The first-order valence-electron chi connectivity index (χ1n) is 6.75. The molecule has 0 bridgehead atoms. The Labute approximate surface area is 123 Å². The van der Waals surface area contributed by atoms with Gasteiger partial charge in [-0.25, -0.2) is 14.8 Å². The molecule has 0 fully saturated rings. The second-order valence-corrected chi connectivity index (χ2v) is 5.80. The molecule has 1 aromatic heterocycles. The fraction of sp³-hybridized carbons (Fsp3) is 0.500. The van der Waals surface area contributed by atoms with Crippen LogP contribution in [0.5, 0.6) is 0 Å². The largest absolute Gasteiger partial charge is 0.442 e. The lowest BCUT2D eigenvalue weighted by molar-refractivity contribution is -0.0333. The van der Waals surface area contributed by atoms with Gasteiger partial charge in [0.25, 0.3) is 5.91 Å². The maximum atomic E-state index is 12.5. The monoisotopic (exact) mass is 292 g/mol. The Bertz CT molecular complexity index is 571. The Hall–Kier alpha value is -2.31. The lowest BCUT2D eigenvalue weighted by Gasteiger charge is -2.36. The van der Waals surface area contributed by atoms with E-state index in [1.807, 2.05) is 12.2 Å². The predicted octanol–water partition coefficient (Wildman–Crippen LogP) is 1.58. The van der Waals surface area contributed by atoms with Crippen molar-refractivity contribution in [3.05, 3.63) is 30.1 Å². The van der Waals surface area contributed by atoms with Crippen molar-refractivity contribution in [3.63, 3.8) is 0 Å². The molecule has 2 heterocycles. The van der Waals surface area contributed by atoms with Crippen molar-refractivity contribution >= 4 is 12.0 Å². The topological polar surface area (TPSA) is 67.7 Å². The summed E-state index contributed by atoms with van der Waals surface area (Å²) in [6.45, 7) is 5.98. The van der Waals surface area contributed by atoms with Gasteiger partial charge in [0, 0.05) is 13.2 Å². The number of hydrogen-bond acceptors (Lipinski definition) is 4. The summed E-state index contributed by atoms with van der Waals surface area (Å²) in [4.78, 5) is 24.7. The number of carbonyl (C=O) groups is 2. The lowest BCUT2D eigenvalue weighted by Crippen LogP contribution is -2.53. The lowest BCUT2D eigenvalue weighted by atomic mass is 10.2. The van der Waals surface area contributed by atoms with Gasteiger partial charge in [0.05, 0.1) is 13.1 Å². The first-order chi connectivity index (χ1) is 9.78. The van der Waals surface area contributed by atoms with Gasteiger partial charge < -0.3 is 4.74 Å². The third-order valence-corrected chi connectivity index (χ3v) is 2.79. The fourth-order valence-corrected chi connectivity index (χ4v) is 1.89. The van der Waals surface area contributed by atoms with Crippen LogP contribution in [0, 0.1) is 0 Å². The third-order valence-electron chi connectivity index (χ3n) is 2.79. The van der Waals surface area contributed by atoms with Crippen molar-refractivity contribution in [1.29, 1.82) is 0 Å². The van der Waals surface area contributed by atoms with Crippen LogP contribution in [-0.4, -0.2) is 50.5 Å². The molecule has 7 nitrogen and oxygen atoms in total. The van der Waals surface area contributed by atoms with Crippen LogP contribution < -0.4 is 0 Å². The molecule has 1 aromatic rings. The molecule has 0 saturated heterocycles. The van der Waals surface area contributed by atoms with Crippen molar-refractivity contribution in [2.45, 2.75) is 26.4 Å². The van der Waals surface area contributed by atoms with Gasteiger partial charge in [-0.2, -0.15) is 5.10 Å². The Kier molecular flexibility index (Phi) is 4.02. The number of amides is 2. The van der Waals surface area contributed by atoms with E-state index in [0.717, 1.165) is 0 Å². The van der Waals surface area contributed by atoms with Crippen molar-refractivity contribution in [3.8, 4) is 0 Å². The molecule has 0 spiro atoms. The van der Waals surface area contributed by atoms with E-state index >= 15 is 0 Å². The maximum absolute atomic E-state index is 12.5. The van der Waals surface area contributed by atoms with E-state index < -0.39 is 11.7 Å². The number of nitrogens with zero attached hydrogens (tertiary/aromatic N) is 4. The van der Waals surface area contributed by atoms with Crippen LogP contribution in [0.2, 0.25) is 0 Å². The first-order valence-corrected chi connectivity index (χ1v) is 6.75. The molecule has 0 radical (unpaired) electrons. The molecule has 0 saturated carbocycles. The summed E-state index contributed by atoms with van der Waals surface area (Å²) >= 11 is 0. The molecule has 0 aliphatic carbocycles. The van der Waals surface area contributed by atoms with Crippen molar-refractivity contribution in [2.24, 2.45) is 7.05 Å². The molecular formula is C14H20N4O3. The normalized spacial score (nSPS) is 15.2. The average Bonchev–Trinajstić information content (AvgIpc) is 2.82. The van der Waals surface area contributed by atoms with E-state index in [0.29, 0.717) is 18.8 Å². The number of aryl methyl sites for hydroxylation is 1. The van der Waals surface area contributed by atoms with Crippen LogP contribution in [0.25, 0.3) is 0 Å². The number of carbonyl (C=O) groups excluding carboxylic acids is 2. The molecule has 114 valence electrons. The highest BCUT2D eigenvalue weighted by atomic mass is 16.6. The Morgan fingerprint density at radius 3 is 2.33 bits per heavy atom. The van der Waals surface area contributed by atoms with E-state index in [-0.39, 0.29) is 5.91 Å². The van der Waals surface area contributed by atoms with Crippen LogP contribution in [0.15, 0.2) is 24.4 Å². The summed E-state index contributed by atoms with van der Waals surface area (Å²) in [5.41, 5.74) is -0.320. The molecule has 1 aliphatic heterocycles. The second-order valence-electron chi connectivity index (χ2n) is 5.80. The minimum absolute atomic E-state index is 0.293. The standard InChI is InChI=1S/C14H20N4O3/c1-14(2,3)21-13(20)18-9-6-5-8-17(18)12(19)11-7-10-16(4)15-11/h5-7,10H,8-9H2,1-4H3. The quantitative estimate of drug-likeness (QED) is 0.737. The zero-order chi connectivity index (χ0) is 15.6. The molecule has 7 heteroatoms. The highest BCUT2D eigenvalue weighted by Gasteiger charge is 2.31. The molecular weight excluding hydrogens is 272 g/mol. The summed E-state index contributed by atoms with van der Waals surface area (Å²) < 4.78 is 6.88. The molecule has 2 amide bonds. The summed E-state index contributed by atoms with van der Waals surface area (Å²) in [5, 5.41) is 6.71. The molecule has 0 unspecified atom stereocenters. The number of ether oxygens (including phenoxy) is 1. The summed E-state index contributed by atoms with van der Waals surface area (Å²) in [6, 6.07) is 1.62. The van der Waals surface area contributed by atoms with Crippen LogP contribution in [0.1, 0.15) is 31.3 Å². The molecule has 0 aromatic carbocycles. The van der Waals surface area contributed by atoms with E-state index in [4.69, 9.17) is 4.74 Å². The summed E-state index contributed by atoms with van der Waals surface area (Å²) in [5.74, 6) is -0.328. The highest BCUT2D eigenvalue weighted by Crippen LogP contribution is 2.15. The van der Waals surface area contributed by atoms with Crippen LogP contribution in [0.3, 0.4) is 0 Å². The number of aromatic nitrogens is 2. The molecule has 0 N–H and O–H groups in total. The third kappa shape index (κ3) is 3.62. The van der Waals surface area contributed by atoms with Crippen LogP contribution in [-0.2, 0) is 11.8 Å². The second kappa shape index (κ2) is 5.59. The average molecular weight is 292 g/mol. The fourth-order valence-electron chi connectivity index (χ4n) is 1.89. The molecule has 0 atom stereocenters. The van der Waals surface area contributed by atoms with E-state index in [2.05, 4.69) is 5.10 Å². The zero-order valence-electron chi connectivity index (χ0n) is 12.7. The molecule has 2 rings (SSSR count). The van der Waals surface area contributed by atoms with Gasteiger partial charge >= 0.3 is 6.09 Å². The zero-order valence-corrected chi connectivity index (χ0v) is 12.7. The first kappa shape index (κ1) is 15.1. The number of rotatable bonds is 1. The van der Waals surface area contributed by atoms with Gasteiger partial charge in [-0.15, -0.1) is 0 Å².